The summed E-state index contributed by atoms with van der Waals surface area (Å²) in [6.07, 6.45) is 1.03. The Morgan fingerprint density at radius 2 is 1.87 bits per heavy atom. The van der Waals surface area contributed by atoms with E-state index in [1.165, 1.54) is 12.1 Å². The van der Waals surface area contributed by atoms with Gasteiger partial charge in [-0.2, -0.15) is 8.42 Å². The van der Waals surface area contributed by atoms with Gasteiger partial charge in [0.15, 0.2) is 0 Å². The largest absolute Gasteiger partial charge is 0.298 e. The molecule has 0 unspecified atom stereocenters. The maximum absolute atomic E-state index is 12.0. The lowest BCUT2D eigenvalue weighted by Gasteiger charge is -2.04. The fourth-order valence-corrected chi connectivity index (χ4v) is 2.74. The van der Waals surface area contributed by atoms with Crippen LogP contribution in [0.3, 0.4) is 0 Å². The molecule has 0 saturated heterocycles. The lowest BCUT2D eigenvalue weighted by molar-refractivity contribution is 0.112. The van der Waals surface area contributed by atoms with Gasteiger partial charge in [0.25, 0.3) is 10.1 Å². The summed E-state index contributed by atoms with van der Waals surface area (Å²) in [6, 6.07) is 13.4. The summed E-state index contributed by atoms with van der Waals surface area (Å²) in [6.45, 7) is 1.86. The van der Waals surface area contributed by atoms with Crippen LogP contribution >= 0.6 is 0 Å². The number of aryl methyl sites for hydroxylation is 1. The van der Waals surface area contributed by atoms with Crippen molar-refractivity contribution in [3.05, 3.63) is 65.2 Å². The molecule has 2 aromatic carbocycles. The molecule has 0 atom stereocenters. The van der Waals surface area contributed by atoms with Crippen LogP contribution in [0.1, 0.15) is 27.9 Å². The second-order valence-electron chi connectivity index (χ2n) is 4.88. The van der Waals surface area contributed by atoms with E-state index in [9.17, 15) is 13.2 Å². The van der Waals surface area contributed by atoms with Crippen molar-refractivity contribution >= 4 is 16.4 Å². The summed E-state index contributed by atoms with van der Waals surface area (Å²) in [4.78, 5) is 10.8. The molecule has 0 fully saturated rings. The Morgan fingerprint density at radius 1 is 1.13 bits per heavy atom. The van der Waals surface area contributed by atoms with Crippen LogP contribution < -0.4 is 0 Å². The van der Waals surface area contributed by atoms with E-state index in [1.54, 1.807) is 36.4 Å². The van der Waals surface area contributed by atoms with Crippen LogP contribution in [-0.4, -0.2) is 21.3 Å². The molecule has 0 radical (unpaired) electrons. The molecule has 4 nitrogen and oxygen atoms in total. The highest BCUT2D eigenvalue weighted by atomic mass is 32.2. The SMILES string of the molecule is Cc1ccc(S(=O)(=O)OCCC#Cc2cccc(C=O)c2)cc1. The lowest BCUT2D eigenvalue weighted by Crippen LogP contribution is -2.07. The molecule has 0 heterocycles. The van der Waals surface area contributed by atoms with E-state index < -0.39 is 10.1 Å². The highest BCUT2D eigenvalue weighted by Crippen LogP contribution is 2.13. The highest BCUT2D eigenvalue weighted by molar-refractivity contribution is 7.86. The molecule has 0 spiro atoms. The number of hydrogen-bond acceptors (Lipinski definition) is 4. The van der Waals surface area contributed by atoms with Gasteiger partial charge in [0.05, 0.1) is 11.5 Å². The third-order valence-electron chi connectivity index (χ3n) is 3.03. The maximum atomic E-state index is 12.0. The molecule has 2 aromatic rings. The predicted octanol–water partition coefficient (Wildman–Crippen LogP) is 2.95. The Morgan fingerprint density at radius 3 is 2.57 bits per heavy atom. The molecule has 118 valence electrons. The zero-order valence-corrected chi connectivity index (χ0v) is 13.5. The van der Waals surface area contributed by atoms with E-state index in [2.05, 4.69) is 11.8 Å². The summed E-state index contributed by atoms with van der Waals surface area (Å²) in [5.74, 6) is 5.70. The van der Waals surface area contributed by atoms with Gasteiger partial charge >= 0.3 is 0 Å². The summed E-state index contributed by atoms with van der Waals surface area (Å²) in [5.41, 5.74) is 2.23. The fourth-order valence-electron chi connectivity index (χ4n) is 1.83. The van der Waals surface area contributed by atoms with E-state index in [0.717, 1.165) is 11.8 Å². The molecule has 23 heavy (non-hydrogen) atoms. The van der Waals surface area contributed by atoms with E-state index in [4.69, 9.17) is 4.18 Å². The second-order valence-corrected chi connectivity index (χ2v) is 6.50. The predicted molar refractivity (Wildman–Crippen MR) is 87.6 cm³/mol. The van der Waals surface area contributed by atoms with Crippen molar-refractivity contribution in [1.82, 2.24) is 0 Å². The first-order valence-electron chi connectivity index (χ1n) is 7.01. The minimum atomic E-state index is -3.75. The summed E-state index contributed by atoms with van der Waals surface area (Å²) in [7, 11) is -3.75. The molecule has 0 aliphatic heterocycles. The topological polar surface area (TPSA) is 60.4 Å². The van der Waals surface area contributed by atoms with Crippen LogP contribution in [0, 0.1) is 18.8 Å². The van der Waals surface area contributed by atoms with Crippen molar-refractivity contribution in [1.29, 1.82) is 0 Å². The van der Waals surface area contributed by atoms with E-state index in [1.807, 2.05) is 6.92 Å². The number of hydrogen-bond donors (Lipinski definition) is 0. The van der Waals surface area contributed by atoms with Gasteiger partial charge in [-0.15, -0.1) is 0 Å². The van der Waals surface area contributed by atoms with Crippen molar-refractivity contribution in [3.8, 4) is 11.8 Å². The Bertz CT molecular complexity index is 841. The van der Waals surface area contributed by atoms with Gasteiger partial charge in [-0.25, -0.2) is 0 Å². The standard InChI is InChI=1S/C18H16O4S/c1-15-8-10-18(11-9-15)23(20,21)22-12-3-2-5-16-6-4-7-17(13-16)14-19/h4,6-11,13-14H,3,12H2,1H3. The third kappa shape index (κ3) is 5.06. The van der Waals surface area contributed by atoms with Crippen LogP contribution in [-0.2, 0) is 14.3 Å². The quantitative estimate of drug-likeness (QED) is 0.366. The summed E-state index contributed by atoms with van der Waals surface area (Å²) >= 11 is 0. The molecule has 0 amide bonds. The molecular formula is C18H16O4S. The Kier molecular flexibility index (Phi) is 5.69. The van der Waals surface area contributed by atoms with Gasteiger partial charge < -0.3 is 0 Å². The molecule has 0 aromatic heterocycles. The zero-order valence-electron chi connectivity index (χ0n) is 12.7. The van der Waals surface area contributed by atoms with Gasteiger partial charge in [0.2, 0.25) is 0 Å². The molecule has 2 rings (SSSR count). The smallest absolute Gasteiger partial charge is 0.297 e. The molecule has 0 saturated carbocycles. The first-order valence-corrected chi connectivity index (χ1v) is 8.42. The number of aldehydes is 1. The maximum Gasteiger partial charge on any atom is 0.297 e. The van der Waals surface area contributed by atoms with Gasteiger partial charge in [-0.1, -0.05) is 41.7 Å². The average Bonchev–Trinajstić information content (AvgIpc) is 2.55. The summed E-state index contributed by atoms with van der Waals surface area (Å²) < 4.78 is 28.9. The van der Waals surface area contributed by atoms with Crippen molar-refractivity contribution in [2.75, 3.05) is 6.61 Å². The summed E-state index contributed by atoms with van der Waals surface area (Å²) in [5, 5.41) is 0. The average molecular weight is 328 g/mol. The number of rotatable bonds is 5. The van der Waals surface area contributed by atoms with E-state index in [0.29, 0.717) is 11.1 Å². The minimum Gasteiger partial charge on any atom is -0.298 e. The highest BCUT2D eigenvalue weighted by Gasteiger charge is 2.13. The van der Waals surface area contributed by atoms with Crippen molar-refractivity contribution in [2.24, 2.45) is 0 Å². The molecule has 0 aliphatic rings. The van der Waals surface area contributed by atoms with E-state index in [-0.39, 0.29) is 17.9 Å². The van der Waals surface area contributed by atoms with Crippen LogP contribution in [0.4, 0.5) is 0 Å². The molecule has 0 N–H and O–H groups in total. The van der Waals surface area contributed by atoms with Crippen LogP contribution in [0.2, 0.25) is 0 Å². The van der Waals surface area contributed by atoms with Crippen LogP contribution in [0.15, 0.2) is 53.4 Å². The molecule has 0 aliphatic carbocycles. The normalized spacial score (nSPS) is 10.7. The first kappa shape index (κ1) is 16.9. The van der Waals surface area contributed by atoms with Crippen LogP contribution in [0.5, 0.6) is 0 Å². The van der Waals surface area contributed by atoms with Gasteiger partial charge in [0.1, 0.15) is 6.29 Å². The lowest BCUT2D eigenvalue weighted by atomic mass is 10.1. The second kappa shape index (κ2) is 7.73. The van der Waals surface area contributed by atoms with Gasteiger partial charge in [-0.3, -0.25) is 8.98 Å². The molecule has 0 bridgehead atoms. The third-order valence-corrected chi connectivity index (χ3v) is 4.36. The Hall–Kier alpha value is -2.42. The van der Waals surface area contributed by atoms with Crippen LogP contribution in [0.25, 0.3) is 0 Å². The number of carbonyl (C=O) groups is 1. The van der Waals surface area contributed by atoms with Crippen molar-refractivity contribution in [3.63, 3.8) is 0 Å². The first-order chi connectivity index (χ1) is 11.0. The Balaban J connectivity index is 1.91. The monoisotopic (exact) mass is 328 g/mol. The number of benzene rings is 2. The van der Waals surface area contributed by atoms with E-state index >= 15 is 0 Å². The zero-order chi connectivity index (χ0) is 16.7. The number of carbonyl (C=O) groups excluding carboxylic acids is 1. The van der Waals surface area contributed by atoms with Crippen molar-refractivity contribution < 1.29 is 17.4 Å². The van der Waals surface area contributed by atoms with Gasteiger partial charge in [0, 0.05) is 17.5 Å². The fraction of sp³-hybridized carbons (Fsp3) is 0.167. The molecule has 5 heteroatoms. The molecular weight excluding hydrogens is 312 g/mol. The Labute approximate surface area is 136 Å². The minimum absolute atomic E-state index is 0.0173. The van der Waals surface area contributed by atoms with Crippen molar-refractivity contribution in [2.45, 2.75) is 18.2 Å². The van der Waals surface area contributed by atoms with Gasteiger partial charge in [-0.05, 0) is 31.2 Å².